The summed E-state index contributed by atoms with van der Waals surface area (Å²) in [4.78, 5) is 24.1. The number of carbonyl (C=O) groups excluding carboxylic acids is 2. The lowest BCUT2D eigenvalue weighted by molar-refractivity contribution is -0.147. The summed E-state index contributed by atoms with van der Waals surface area (Å²) in [5, 5.41) is 3.22. The zero-order valence-corrected chi connectivity index (χ0v) is 13.7. The second-order valence-electron chi connectivity index (χ2n) is 7.59. The maximum atomic E-state index is 12.2. The maximum Gasteiger partial charge on any atom is 0.236 e. The predicted octanol–water partition coefficient (Wildman–Crippen LogP) is 1.96. The minimum Gasteiger partial charge on any atom is -0.369 e. The Morgan fingerprint density at radius 1 is 1.20 bits per heavy atom. The summed E-state index contributed by atoms with van der Waals surface area (Å²) in [6, 6.07) is 0.225. The number of amides is 2. The third-order valence-electron chi connectivity index (χ3n) is 5.63. The summed E-state index contributed by atoms with van der Waals surface area (Å²) in [6.45, 7) is 3.73. The van der Waals surface area contributed by atoms with Gasteiger partial charge in [0.15, 0.2) is 0 Å². The Morgan fingerprint density at radius 2 is 1.75 bits per heavy atom. The Hall–Kier alpha value is -0.580. The highest BCUT2D eigenvalue weighted by Gasteiger charge is 2.58. The number of halogens is 1. The smallest absolute Gasteiger partial charge is 0.236 e. The van der Waals surface area contributed by atoms with Crippen molar-refractivity contribution in [2.45, 2.75) is 56.3 Å². The molecule has 4 aliphatic rings. The highest BCUT2D eigenvalue weighted by atomic mass is 79.9. The van der Waals surface area contributed by atoms with E-state index in [0.717, 1.165) is 32.1 Å². The molecule has 3 N–H and O–H groups in total. The molecule has 0 aromatic carbocycles. The van der Waals surface area contributed by atoms with Gasteiger partial charge < -0.3 is 11.1 Å². The van der Waals surface area contributed by atoms with Crippen LogP contribution in [0.3, 0.4) is 0 Å². The Bertz CT molecular complexity index is 441. The molecule has 2 amide bonds. The van der Waals surface area contributed by atoms with Crippen LogP contribution in [0.15, 0.2) is 0 Å². The van der Waals surface area contributed by atoms with E-state index < -0.39 is 4.32 Å². The van der Waals surface area contributed by atoms with Crippen molar-refractivity contribution in [3.8, 4) is 0 Å². The third kappa shape index (κ3) is 2.18. The molecule has 4 aliphatic carbocycles. The van der Waals surface area contributed by atoms with Crippen LogP contribution in [-0.2, 0) is 9.59 Å². The molecule has 4 rings (SSSR count). The predicted molar refractivity (Wildman–Crippen MR) is 80.1 cm³/mol. The summed E-state index contributed by atoms with van der Waals surface area (Å²) in [5.74, 6) is 1.40. The number of nitrogens with one attached hydrogen (secondary N) is 1. The van der Waals surface area contributed by atoms with Crippen molar-refractivity contribution in [1.82, 2.24) is 5.32 Å². The Kier molecular flexibility index (Phi) is 3.20. The second-order valence-corrected chi connectivity index (χ2v) is 9.57. The number of hydrogen-bond acceptors (Lipinski definition) is 2. The normalized spacial score (nSPS) is 42.5. The molecule has 0 aromatic heterocycles. The van der Waals surface area contributed by atoms with Gasteiger partial charge in [-0.25, -0.2) is 0 Å². The van der Waals surface area contributed by atoms with Gasteiger partial charge in [-0.15, -0.1) is 0 Å². The fourth-order valence-corrected chi connectivity index (χ4v) is 5.00. The molecule has 4 nitrogen and oxygen atoms in total. The number of hydrogen-bond donors (Lipinski definition) is 2. The lowest BCUT2D eigenvalue weighted by atomic mass is 9.47. The molecule has 4 saturated carbocycles. The first-order valence-corrected chi connectivity index (χ1v) is 8.30. The summed E-state index contributed by atoms with van der Waals surface area (Å²) in [6.07, 6.45) is 4.98. The Balaban J connectivity index is 1.78. The zero-order chi connectivity index (χ0) is 14.7. The lowest BCUT2D eigenvalue weighted by Gasteiger charge is -2.59. The van der Waals surface area contributed by atoms with E-state index in [0.29, 0.717) is 17.8 Å². The van der Waals surface area contributed by atoms with Gasteiger partial charge in [0, 0.05) is 11.5 Å². The van der Waals surface area contributed by atoms with Crippen molar-refractivity contribution in [2.75, 3.05) is 0 Å². The van der Waals surface area contributed by atoms with Gasteiger partial charge in [-0.2, -0.15) is 0 Å². The Labute approximate surface area is 128 Å². The molecular formula is C15H23BrN2O2. The molecule has 0 aromatic rings. The van der Waals surface area contributed by atoms with Crippen LogP contribution in [0.4, 0.5) is 0 Å². The van der Waals surface area contributed by atoms with Crippen LogP contribution < -0.4 is 11.1 Å². The van der Waals surface area contributed by atoms with Crippen molar-refractivity contribution in [1.29, 1.82) is 0 Å². The molecule has 0 aliphatic heterocycles. The third-order valence-corrected chi connectivity index (χ3v) is 5.99. The molecule has 5 heteroatoms. The molecule has 0 spiro atoms. The van der Waals surface area contributed by atoms with Crippen molar-refractivity contribution in [3.05, 3.63) is 0 Å². The van der Waals surface area contributed by atoms with Gasteiger partial charge in [0.25, 0.3) is 0 Å². The van der Waals surface area contributed by atoms with E-state index in [2.05, 4.69) is 21.2 Å². The van der Waals surface area contributed by atoms with Crippen molar-refractivity contribution >= 4 is 27.7 Å². The number of alkyl halides is 1. The fraction of sp³-hybridized carbons (Fsp3) is 0.867. The van der Waals surface area contributed by atoms with Crippen LogP contribution >= 0.6 is 15.9 Å². The first-order chi connectivity index (χ1) is 9.21. The molecule has 0 heterocycles. The van der Waals surface area contributed by atoms with Crippen molar-refractivity contribution < 1.29 is 9.59 Å². The second kappa shape index (κ2) is 4.46. The molecule has 4 fully saturated rings. The van der Waals surface area contributed by atoms with E-state index in [1.165, 1.54) is 0 Å². The van der Waals surface area contributed by atoms with E-state index in [1.54, 1.807) is 0 Å². The molecule has 20 heavy (non-hydrogen) atoms. The monoisotopic (exact) mass is 342 g/mol. The van der Waals surface area contributed by atoms with Gasteiger partial charge >= 0.3 is 0 Å². The first kappa shape index (κ1) is 14.4. The first-order valence-electron chi connectivity index (χ1n) is 7.51. The highest BCUT2D eigenvalue weighted by molar-refractivity contribution is 9.10. The van der Waals surface area contributed by atoms with Crippen LogP contribution in [0.1, 0.15) is 46.0 Å². The fourth-order valence-electron chi connectivity index (χ4n) is 4.88. The van der Waals surface area contributed by atoms with Crippen LogP contribution in [0.5, 0.6) is 0 Å². The molecule has 112 valence electrons. The van der Waals surface area contributed by atoms with E-state index in [4.69, 9.17) is 5.73 Å². The number of carbonyl (C=O) groups is 2. The van der Waals surface area contributed by atoms with Crippen molar-refractivity contribution in [2.24, 2.45) is 28.9 Å². The molecule has 0 radical (unpaired) electrons. The summed E-state index contributed by atoms with van der Waals surface area (Å²) < 4.78 is -0.539. The SMILES string of the molecule is CC(C)(Br)C(=O)NC1C2CC3CC1CC(C(N)=O)(C3)C2. The number of primary amides is 1. The lowest BCUT2D eigenvalue weighted by Crippen LogP contribution is -2.63. The van der Waals surface area contributed by atoms with Crippen LogP contribution in [0.25, 0.3) is 0 Å². The van der Waals surface area contributed by atoms with Crippen LogP contribution in [-0.4, -0.2) is 22.2 Å². The van der Waals surface area contributed by atoms with E-state index in [-0.39, 0.29) is 23.3 Å². The molecule has 4 bridgehead atoms. The topological polar surface area (TPSA) is 72.2 Å². The van der Waals surface area contributed by atoms with Gasteiger partial charge in [0.05, 0.1) is 4.32 Å². The molecule has 2 unspecified atom stereocenters. The highest BCUT2D eigenvalue weighted by Crippen LogP contribution is 2.59. The summed E-state index contributed by atoms with van der Waals surface area (Å²) in [5.41, 5.74) is 5.40. The summed E-state index contributed by atoms with van der Waals surface area (Å²) in [7, 11) is 0. The quantitative estimate of drug-likeness (QED) is 0.769. The standard InChI is InChI=1S/C15H23BrN2O2/c1-14(2,16)13(20)18-11-9-3-8-4-10(11)7-15(5-8,6-9)12(17)19/h8-11H,3-7H2,1-2H3,(H2,17,19)(H,18,20). The van der Waals surface area contributed by atoms with Gasteiger partial charge in [0.2, 0.25) is 11.8 Å². The van der Waals surface area contributed by atoms with Crippen LogP contribution in [0, 0.1) is 23.2 Å². The molecule has 2 atom stereocenters. The average molecular weight is 343 g/mol. The minimum atomic E-state index is -0.539. The van der Waals surface area contributed by atoms with Gasteiger partial charge in [-0.05, 0) is 63.7 Å². The van der Waals surface area contributed by atoms with Gasteiger partial charge in [0.1, 0.15) is 0 Å². The molecular weight excluding hydrogens is 320 g/mol. The number of rotatable bonds is 3. The van der Waals surface area contributed by atoms with Crippen LogP contribution in [0.2, 0.25) is 0 Å². The minimum absolute atomic E-state index is 0.0445. The van der Waals surface area contributed by atoms with Gasteiger partial charge in [-0.3, -0.25) is 9.59 Å². The zero-order valence-electron chi connectivity index (χ0n) is 12.1. The van der Waals surface area contributed by atoms with Crippen molar-refractivity contribution in [3.63, 3.8) is 0 Å². The van der Waals surface area contributed by atoms with E-state index in [9.17, 15) is 9.59 Å². The maximum absolute atomic E-state index is 12.2. The molecule has 0 saturated heterocycles. The average Bonchev–Trinajstić information content (AvgIpc) is 2.31. The summed E-state index contributed by atoms with van der Waals surface area (Å²) >= 11 is 3.42. The Morgan fingerprint density at radius 3 is 2.20 bits per heavy atom. The van der Waals surface area contributed by atoms with E-state index >= 15 is 0 Å². The number of nitrogens with two attached hydrogens (primary N) is 1. The van der Waals surface area contributed by atoms with E-state index in [1.807, 2.05) is 13.8 Å². The van der Waals surface area contributed by atoms with Gasteiger partial charge in [-0.1, -0.05) is 15.9 Å². The largest absolute Gasteiger partial charge is 0.369 e.